The van der Waals surface area contributed by atoms with Crippen LogP contribution in [0.1, 0.15) is 59.3 Å². The lowest BCUT2D eigenvalue weighted by Crippen LogP contribution is -2.41. The van der Waals surface area contributed by atoms with Crippen LogP contribution in [0.3, 0.4) is 0 Å². The fourth-order valence-electron chi connectivity index (χ4n) is 3.21. The van der Waals surface area contributed by atoms with Crippen molar-refractivity contribution < 1.29 is 9.53 Å². The van der Waals surface area contributed by atoms with E-state index in [9.17, 15) is 4.79 Å². The van der Waals surface area contributed by atoms with Gasteiger partial charge in [0.05, 0.1) is 0 Å². The third kappa shape index (κ3) is 4.65. The van der Waals surface area contributed by atoms with Gasteiger partial charge in [0, 0.05) is 19.1 Å². The predicted molar refractivity (Wildman–Crippen MR) is 80.9 cm³/mol. The molecule has 0 aromatic carbocycles. The maximum Gasteiger partial charge on any atom is 0.410 e. The Morgan fingerprint density at radius 3 is 2.45 bits per heavy atom. The standard InChI is InChI=1S/C16H30N2O2/c1-16(2,3)20-15(19)18-12-7-8-14(18)9-13-17-10-5-4-6-11-17/h14H,4-13H2,1-3H3/t14-/m0/s1. The van der Waals surface area contributed by atoms with Gasteiger partial charge >= 0.3 is 6.09 Å². The van der Waals surface area contributed by atoms with Crippen LogP contribution in [0.25, 0.3) is 0 Å². The molecule has 2 saturated heterocycles. The Morgan fingerprint density at radius 1 is 1.10 bits per heavy atom. The van der Waals surface area contributed by atoms with Crippen molar-refractivity contribution in [2.24, 2.45) is 0 Å². The summed E-state index contributed by atoms with van der Waals surface area (Å²) in [7, 11) is 0. The van der Waals surface area contributed by atoms with Crippen molar-refractivity contribution in [2.75, 3.05) is 26.2 Å². The number of carbonyl (C=O) groups is 1. The monoisotopic (exact) mass is 282 g/mol. The quantitative estimate of drug-likeness (QED) is 0.796. The Bertz CT molecular complexity index is 319. The van der Waals surface area contributed by atoms with Crippen LogP contribution in [0.4, 0.5) is 4.79 Å². The van der Waals surface area contributed by atoms with Crippen molar-refractivity contribution in [1.29, 1.82) is 0 Å². The minimum Gasteiger partial charge on any atom is -0.444 e. The smallest absolute Gasteiger partial charge is 0.410 e. The Kier molecular flexibility index (Phi) is 5.30. The van der Waals surface area contributed by atoms with Crippen LogP contribution in [0.15, 0.2) is 0 Å². The first-order valence-corrected chi connectivity index (χ1v) is 8.18. The maximum absolute atomic E-state index is 12.2. The van der Waals surface area contributed by atoms with E-state index in [1.54, 1.807) is 0 Å². The molecule has 0 saturated carbocycles. The van der Waals surface area contributed by atoms with Gasteiger partial charge in [-0.3, -0.25) is 0 Å². The molecule has 0 unspecified atom stereocenters. The zero-order valence-electron chi connectivity index (χ0n) is 13.4. The second-order valence-corrected chi connectivity index (χ2v) is 7.16. The largest absolute Gasteiger partial charge is 0.444 e. The zero-order valence-corrected chi connectivity index (χ0v) is 13.4. The van der Waals surface area contributed by atoms with Gasteiger partial charge in [-0.25, -0.2) is 4.79 Å². The van der Waals surface area contributed by atoms with E-state index < -0.39 is 5.60 Å². The molecule has 0 aromatic rings. The number of likely N-dealkylation sites (tertiary alicyclic amines) is 2. The highest BCUT2D eigenvalue weighted by molar-refractivity contribution is 5.68. The molecule has 1 amide bonds. The van der Waals surface area contributed by atoms with Crippen LogP contribution in [-0.2, 0) is 4.74 Å². The van der Waals surface area contributed by atoms with Crippen LogP contribution >= 0.6 is 0 Å². The normalized spacial score (nSPS) is 24.9. The summed E-state index contributed by atoms with van der Waals surface area (Å²) in [5, 5.41) is 0. The molecule has 2 aliphatic rings. The third-order valence-corrected chi connectivity index (χ3v) is 4.23. The molecule has 0 aliphatic carbocycles. The molecule has 0 radical (unpaired) electrons. The highest BCUT2D eigenvalue weighted by Crippen LogP contribution is 2.23. The molecule has 0 spiro atoms. The lowest BCUT2D eigenvalue weighted by Gasteiger charge is -2.31. The lowest BCUT2D eigenvalue weighted by molar-refractivity contribution is 0.0211. The SMILES string of the molecule is CC(C)(C)OC(=O)N1CCC[C@H]1CCN1CCCCC1. The highest BCUT2D eigenvalue weighted by Gasteiger charge is 2.32. The molecule has 2 aliphatic heterocycles. The fourth-order valence-corrected chi connectivity index (χ4v) is 3.21. The van der Waals surface area contributed by atoms with Gasteiger partial charge in [0.25, 0.3) is 0 Å². The molecule has 20 heavy (non-hydrogen) atoms. The van der Waals surface area contributed by atoms with Crippen LogP contribution in [0, 0.1) is 0 Å². The number of ether oxygens (including phenoxy) is 1. The van der Waals surface area contributed by atoms with Gasteiger partial charge in [-0.2, -0.15) is 0 Å². The van der Waals surface area contributed by atoms with Crippen molar-refractivity contribution in [3.8, 4) is 0 Å². The van der Waals surface area contributed by atoms with Crippen LogP contribution in [-0.4, -0.2) is 53.7 Å². The van der Waals surface area contributed by atoms with Crippen LogP contribution in [0.5, 0.6) is 0 Å². The number of nitrogens with zero attached hydrogens (tertiary/aromatic N) is 2. The van der Waals surface area contributed by atoms with E-state index in [4.69, 9.17) is 4.74 Å². The van der Waals surface area contributed by atoms with Crippen LogP contribution < -0.4 is 0 Å². The summed E-state index contributed by atoms with van der Waals surface area (Å²) in [4.78, 5) is 16.7. The maximum atomic E-state index is 12.2. The number of hydrogen-bond acceptors (Lipinski definition) is 3. The molecule has 0 aromatic heterocycles. The number of carbonyl (C=O) groups excluding carboxylic acids is 1. The molecule has 0 N–H and O–H groups in total. The van der Waals surface area contributed by atoms with E-state index in [1.807, 2.05) is 25.7 Å². The van der Waals surface area contributed by atoms with Gasteiger partial charge in [0.15, 0.2) is 0 Å². The first-order valence-electron chi connectivity index (χ1n) is 8.18. The van der Waals surface area contributed by atoms with E-state index in [2.05, 4.69) is 4.90 Å². The second-order valence-electron chi connectivity index (χ2n) is 7.16. The summed E-state index contributed by atoms with van der Waals surface area (Å²) in [5.41, 5.74) is -0.392. The molecular formula is C16H30N2O2. The average molecular weight is 282 g/mol. The van der Waals surface area contributed by atoms with E-state index in [-0.39, 0.29) is 6.09 Å². The minimum absolute atomic E-state index is 0.126. The van der Waals surface area contributed by atoms with Crippen molar-refractivity contribution in [1.82, 2.24) is 9.80 Å². The number of piperidine rings is 1. The minimum atomic E-state index is -0.392. The van der Waals surface area contributed by atoms with E-state index in [0.717, 1.165) is 32.4 Å². The predicted octanol–water partition coefficient (Wildman–Crippen LogP) is 3.26. The molecule has 4 heteroatoms. The summed E-state index contributed by atoms with van der Waals surface area (Å²) in [5.74, 6) is 0. The second kappa shape index (κ2) is 6.79. The van der Waals surface area contributed by atoms with Gasteiger partial charge in [-0.05, 0) is 66.0 Å². The van der Waals surface area contributed by atoms with Gasteiger partial charge in [-0.15, -0.1) is 0 Å². The van der Waals surface area contributed by atoms with Crippen molar-refractivity contribution in [3.05, 3.63) is 0 Å². The van der Waals surface area contributed by atoms with Gasteiger partial charge in [-0.1, -0.05) is 6.42 Å². The summed E-state index contributed by atoms with van der Waals surface area (Å²) in [6.07, 6.45) is 7.26. The fraction of sp³-hybridized carbons (Fsp3) is 0.938. The van der Waals surface area contributed by atoms with Gasteiger partial charge < -0.3 is 14.5 Å². The highest BCUT2D eigenvalue weighted by atomic mass is 16.6. The molecule has 4 nitrogen and oxygen atoms in total. The number of rotatable bonds is 3. The number of amides is 1. The summed E-state index contributed by atoms with van der Waals surface area (Å²) in [6, 6.07) is 0.381. The Balaban J connectivity index is 1.79. The average Bonchev–Trinajstić information content (AvgIpc) is 2.84. The summed E-state index contributed by atoms with van der Waals surface area (Å²) >= 11 is 0. The molecule has 2 fully saturated rings. The van der Waals surface area contributed by atoms with Crippen molar-refractivity contribution >= 4 is 6.09 Å². The van der Waals surface area contributed by atoms with E-state index in [0.29, 0.717) is 6.04 Å². The Morgan fingerprint density at radius 2 is 1.80 bits per heavy atom. The van der Waals surface area contributed by atoms with E-state index >= 15 is 0 Å². The van der Waals surface area contributed by atoms with Crippen molar-refractivity contribution in [3.63, 3.8) is 0 Å². The first-order chi connectivity index (χ1) is 9.46. The molecular weight excluding hydrogens is 252 g/mol. The zero-order chi connectivity index (χ0) is 14.6. The Hall–Kier alpha value is -0.770. The topological polar surface area (TPSA) is 32.8 Å². The summed E-state index contributed by atoms with van der Waals surface area (Å²) < 4.78 is 5.52. The lowest BCUT2D eigenvalue weighted by atomic mass is 10.1. The molecule has 0 bridgehead atoms. The van der Waals surface area contributed by atoms with E-state index in [1.165, 1.54) is 32.4 Å². The molecule has 1 atom stereocenters. The molecule has 2 heterocycles. The van der Waals surface area contributed by atoms with Gasteiger partial charge in [0.2, 0.25) is 0 Å². The van der Waals surface area contributed by atoms with Crippen molar-refractivity contribution in [2.45, 2.75) is 70.9 Å². The van der Waals surface area contributed by atoms with Crippen LogP contribution in [0.2, 0.25) is 0 Å². The summed E-state index contributed by atoms with van der Waals surface area (Å²) in [6.45, 7) is 10.3. The van der Waals surface area contributed by atoms with Gasteiger partial charge in [0.1, 0.15) is 5.60 Å². The molecule has 116 valence electrons. The first kappa shape index (κ1) is 15.6. The third-order valence-electron chi connectivity index (χ3n) is 4.23. The molecule has 2 rings (SSSR count). The number of hydrogen-bond donors (Lipinski definition) is 0. The Labute approximate surface area is 123 Å².